The zero-order valence-corrected chi connectivity index (χ0v) is 14.0. The number of nitrogens with zero attached hydrogens (tertiary/aromatic N) is 1. The quantitative estimate of drug-likeness (QED) is 0.817. The Morgan fingerprint density at radius 2 is 1.96 bits per heavy atom. The van der Waals surface area contributed by atoms with Crippen molar-refractivity contribution < 1.29 is 14.7 Å². The van der Waals surface area contributed by atoms with E-state index < -0.39 is 11.1 Å². The van der Waals surface area contributed by atoms with Gasteiger partial charge in [0.1, 0.15) is 5.54 Å². The monoisotopic (exact) mass is 334 g/mol. The molecular formula is C17H22N2O3S. The molecule has 4 rings (SSSR count). The van der Waals surface area contributed by atoms with Crippen LogP contribution in [0.5, 0.6) is 0 Å². The summed E-state index contributed by atoms with van der Waals surface area (Å²) in [7, 11) is 0. The van der Waals surface area contributed by atoms with Gasteiger partial charge in [0.2, 0.25) is 0 Å². The van der Waals surface area contributed by atoms with Crippen molar-refractivity contribution in [1.29, 1.82) is 0 Å². The fraction of sp³-hybridized carbons (Fsp3) is 0.647. The Labute approximate surface area is 139 Å². The average molecular weight is 334 g/mol. The Morgan fingerprint density at radius 1 is 1.17 bits per heavy atom. The molecule has 0 radical (unpaired) electrons. The lowest BCUT2D eigenvalue weighted by atomic mass is 9.79. The molecule has 5 nitrogen and oxygen atoms in total. The zero-order chi connectivity index (χ0) is 16.1. The summed E-state index contributed by atoms with van der Waals surface area (Å²) in [5.74, 6) is -0.180. The average Bonchev–Trinajstić information content (AvgIpc) is 3.09. The minimum absolute atomic E-state index is 0.124. The molecule has 2 heterocycles. The smallest absolute Gasteiger partial charge is 0.325 e. The van der Waals surface area contributed by atoms with E-state index in [9.17, 15) is 14.7 Å². The van der Waals surface area contributed by atoms with Crippen molar-refractivity contribution in [3.8, 4) is 0 Å². The molecule has 0 bridgehead atoms. The van der Waals surface area contributed by atoms with Gasteiger partial charge in [0.15, 0.2) is 0 Å². The van der Waals surface area contributed by atoms with Gasteiger partial charge >= 0.3 is 6.03 Å². The largest absolute Gasteiger partial charge is 0.388 e. The van der Waals surface area contributed by atoms with Crippen LogP contribution in [0, 0.1) is 0 Å². The number of urea groups is 1. The summed E-state index contributed by atoms with van der Waals surface area (Å²) >= 11 is 1.65. The maximum atomic E-state index is 13.1. The van der Waals surface area contributed by atoms with Gasteiger partial charge in [0, 0.05) is 10.4 Å². The number of rotatable bonds is 2. The van der Waals surface area contributed by atoms with E-state index in [2.05, 4.69) is 5.32 Å². The predicted molar refractivity (Wildman–Crippen MR) is 87.2 cm³/mol. The van der Waals surface area contributed by atoms with Gasteiger partial charge < -0.3 is 10.4 Å². The Hall–Kier alpha value is -1.40. The fourth-order valence-corrected chi connectivity index (χ4v) is 5.35. The summed E-state index contributed by atoms with van der Waals surface area (Å²) in [6.07, 6.45) is 6.89. The van der Waals surface area contributed by atoms with Crippen molar-refractivity contribution in [2.45, 2.75) is 62.5 Å². The molecule has 6 heteroatoms. The molecule has 2 N–H and O–H groups in total. The highest BCUT2D eigenvalue weighted by atomic mass is 32.1. The number of imide groups is 1. The lowest BCUT2D eigenvalue weighted by Gasteiger charge is -2.35. The first-order valence-corrected chi connectivity index (χ1v) is 9.35. The molecular weight excluding hydrogens is 312 g/mol. The van der Waals surface area contributed by atoms with Crippen LogP contribution in [0.2, 0.25) is 0 Å². The molecule has 2 aliphatic carbocycles. The first-order chi connectivity index (χ1) is 11.0. The van der Waals surface area contributed by atoms with Gasteiger partial charge in [0.25, 0.3) is 5.91 Å². The molecule has 1 saturated carbocycles. The van der Waals surface area contributed by atoms with Gasteiger partial charge in [-0.15, -0.1) is 11.3 Å². The third-order valence-electron chi connectivity index (χ3n) is 5.57. The maximum Gasteiger partial charge on any atom is 0.325 e. The van der Waals surface area contributed by atoms with E-state index in [1.54, 1.807) is 11.3 Å². The highest BCUT2D eigenvalue weighted by Gasteiger charge is 2.55. The Morgan fingerprint density at radius 3 is 2.74 bits per heavy atom. The number of hydrogen-bond acceptors (Lipinski definition) is 4. The van der Waals surface area contributed by atoms with Crippen LogP contribution < -0.4 is 5.32 Å². The van der Waals surface area contributed by atoms with E-state index in [1.807, 2.05) is 11.4 Å². The molecule has 3 aliphatic rings. The molecule has 1 saturated heterocycles. The van der Waals surface area contributed by atoms with Gasteiger partial charge in [-0.05, 0) is 43.6 Å². The number of hydrogen-bond donors (Lipinski definition) is 2. The van der Waals surface area contributed by atoms with Crippen molar-refractivity contribution >= 4 is 23.3 Å². The Bertz CT molecular complexity index is 650. The molecule has 23 heavy (non-hydrogen) atoms. The number of nitrogens with one attached hydrogen (secondary N) is 1. The second kappa shape index (κ2) is 5.31. The lowest BCUT2D eigenvalue weighted by molar-refractivity contribution is -0.135. The summed E-state index contributed by atoms with van der Waals surface area (Å²) in [6.45, 7) is 0.124. The topological polar surface area (TPSA) is 69.6 Å². The second-order valence-corrected chi connectivity index (χ2v) is 8.12. The maximum absolute atomic E-state index is 13.1. The number of β-amino-alcohol motifs (C(OH)–C–C–N with tert-alkyl or cyclic N) is 1. The van der Waals surface area contributed by atoms with Gasteiger partial charge in [-0.2, -0.15) is 0 Å². The number of fused-ring (bicyclic) bond motifs is 2. The van der Waals surface area contributed by atoms with Gasteiger partial charge in [-0.1, -0.05) is 19.3 Å². The molecule has 1 aliphatic heterocycles. The minimum Gasteiger partial charge on any atom is -0.388 e. The van der Waals surface area contributed by atoms with E-state index in [0.717, 1.165) is 37.7 Å². The third kappa shape index (κ3) is 2.31. The van der Waals surface area contributed by atoms with Gasteiger partial charge in [-0.3, -0.25) is 9.69 Å². The van der Waals surface area contributed by atoms with Crippen LogP contribution in [-0.4, -0.2) is 34.1 Å². The van der Waals surface area contributed by atoms with Crippen LogP contribution in [0.25, 0.3) is 0 Å². The summed E-state index contributed by atoms with van der Waals surface area (Å²) in [6, 6.07) is 1.61. The van der Waals surface area contributed by atoms with Crippen molar-refractivity contribution in [2.24, 2.45) is 0 Å². The second-order valence-electron chi connectivity index (χ2n) is 7.12. The summed E-state index contributed by atoms with van der Waals surface area (Å²) in [5.41, 5.74) is -0.844. The van der Waals surface area contributed by atoms with E-state index in [0.29, 0.717) is 19.3 Å². The first kappa shape index (κ1) is 15.1. The summed E-state index contributed by atoms with van der Waals surface area (Å²) in [5, 5.41) is 15.7. The van der Waals surface area contributed by atoms with Gasteiger partial charge in [-0.25, -0.2) is 4.79 Å². The van der Waals surface area contributed by atoms with Crippen LogP contribution in [0.4, 0.5) is 4.79 Å². The molecule has 1 aromatic heterocycles. The molecule has 124 valence electrons. The van der Waals surface area contributed by atoms with Gasteiger partial charge in [0.05, 0.1) is 12.1 Å². The molecule has 2 fully saturated rings. The molecule has 0 aromatic carbocycles. The minimum atomic E-state index is -0.914. The van der Waals surface area contributed by atoms with Crippen LogP contribution in [0.3, 0.4) is 0 Å². The van der Waals surface area contributed by atoms with Crippen molar-refractivity contribution in [2.75, 3.05) is 6.54 Å². The van der Waals surface area contributed by atoms with Crippen LogP contribution in [0.15, 0.2) is 11.4 Å². The predicted octanol–water partition coefficient (Wildman–Crippen LogP) is 2.53. The third-order valence-corrected chi connectivity index (χ3v) is 6.55. The Kier molecular flexibility index (Phi) is 3.50. The van der Waals surface area contributed by atoms with Crippen LogP contribution in [-0.2, 0) is 16.8 Å². The first-order valence-electron chi connectivity index (χ1n) is 8.47. The van der Waals surface area contributed by atoms with E-state index in [4.69, 9.17) is 0 Å². The van der Waals surface area contributed by atoms with Crippen molar-refractivity contribution in [3.63, 3.8) is 0 Å². The standard InChI is InChI=1S/C17H22N2O3S/c20-14-17(9-4-5-13-12(17)6-10-23-13)18-15(21)19(14)11-16(22)7-2-1-3-8-16/h6,10,22H,1-5,7-9,11H2,(H,18,21)/t17-/m0/s1. The van der Waals surface area contributed by atoms with E-state index >= 15 is 0 Å². The summed E-state index contributed by atoms with van der Waals surface area (Å²) in [4.78, 5) is 28.1. The fourth-order valence-electron chi connectivity index (χ4n) is 4.35. The number of thiophene rings is 1. The van der Waals surface area contributed by atoms with E-state index in [1.165, 1.54) is 9.78 Å². The zero-order valence-electron chi connectivity index (χ0n) is 13.1. The van der Waals surface area contributed by atoms with Crippen LogP contribution in [0.1, 0.15) is 55.4 Å². The number of carbonyl (C=O) groups excluding carboxylic acids is 2. The normalized spacial score (nSPS) is 29.7. The van der Waals surface area contributed by atoms with E-state index in [-0.39, 0.29) is 18.5 Å². The SMILES string of the molecule is O=C1N[C@]2(CCCc3sccc32)C(=O)N1CC1(O)CCCCC1. The highest BCUT2D eigenvalue weighted by molar-refractivity contribution is 7.10. The molecule has 1 atom stereocenters. The van der Waals surface area contributed by atoms with Crippen molar-refractivity contribution in [1.82, 2.24) is 10.2 Å². The highest BCUT2D eigenvalue weighted by Crippen LogP contribution is 2.43. The lowest BCUT2D eigenvalue weighted by Crippen LogP contribution is -2.49. The number of aliphatic hydroxyl groups is 1. The number of aryl methyl sites for hydroxylation is 1. The Balaban J connectivity index is 1.63. The number of carbonyl (C=O) groups is 2. The molecule has 0 unspecified atom stereocenters. The summed E-state index contributed by atoms with van der Waals surface area (Å²) < 4.78 is 0. The number of amides is 3. The molecule has 3 amide bonds. The molecule has 1 aromatic rings. The molecule has 1 spiro atoms. The van der Waals surface area contributed by atoms with Crippen LogP contribution >= 0.6 is 11.3 Å². The van der Waals surface area contributed by atoms with Crippen molar-refractivity contribution in [3.05, 3.63) is 21.9 Å².